The number of non-ortho nitro benzene ring substituents is 1. The smallest absolute Gasteiger partial charge is 0.328 e. The quantitative estimate of drug-likeness (QED) is 0.452. The van der Waals surface area contributed by atoms with Crippen molar-refractivity contribution in [3.63, 3.8) is 0 Å². The Balaban J connectivity index is 1.66. The van der Waals surface area contributed by atoms with Gasteiger partial charge in [0.05, 0.1) is 11.5 Å². The van der Waals surface area contributed by atoms with Crippen LogP contribution in [0.5, 0.6) is 5.75 Å². The van der Waals surface area contributed by atoms with E-state index >= 15 is 0 Å². The van der Waals surface area contributed by atoms with Gasteiger partial charge in [0, 0.05) is 30.9 Å². The number of H-pyrrole nitrogens is 1. The van der Waals surface area contributed by atoms with Gasteiger partial charge >= 0.3 is 5.69 Å². The van der Waals surface area contributed by atoms with E-state index in [4.69, 9.17) is 4.74 Å². The molecule has 1 aromatic carbocycles. The fourth-order valence-electron chi connectivity index (χ4n) is 2.04. The Morgan fingerprint density at radius 3 is 2.48 bits per heavy atom. The van der Waals surface area contributed by atoms with E-state index < -0.39 is 16.2 Å². The second kappa shape index (κ2) is 7.92. The molecule has 0 spiro atoms. The highest BCUT2D eigenvalue weighted by Gasteiger charge is 2.04. The summed E-state index contributed by atoms with van der Waals surface area (Å²) in [5.41, 5.74) is -0.772. The molecule has 2 aromatic rings. The minimum absolute atomic E-state index is 0.0312. The molecule has 0 saturated carbocycles. The number of nitrogens with one attached hydrogen (secondary N) is 1. The Morgan fingerprint density at radius 2 is 1.83 bits per heavy atom. The van der Waals surface area contributed by atoms with Gasteiger partial charge in [-0.25, -0.2) is 4.79 Å². The summed E-state index contributed by atoms with van der Waals surface area (Å²) in [5, 5.41) is 10.5. The number of hydrogen-bond acceptors (Lipinski definition) is 5. The molecule has 0 fully saturated rings. The number of benzene rings is 1. The van der Waals surface area contributed by atoms with Crippen molar-refractivity contribution in [1.82, 2.24) is 9.55 Å². The highest BCUT2D eigenvalue weighted by atomic mass is 16.6. The number of nitro groups is 1. The molecule has 0 bridgehead atoms. The molecule has 2 rings (SSSR count). The summed E-state index contributed by atoms with van der Waals surface area (Å²) in [6.45, 7) is 1.03. The maximum absolute atomic E-state index is 11.5. The van der Waals surface area contributed by atoms with Gasteiger partial charge in [0.15, 0.2) is 0 Å². The summed E-state index contributed by atoms with van der Waals surface area (Å²) in [5.74, 6) is 0.590. The van der Waals surface area contributed by atoms with Crippen LogP contribution in [0.25, 0.3) is 0 Å². The normalized spacial score (nSPS) is 10.4. The fourth-order valence-corrected chi connectivity index (χ4v) is 2.04. The van der Waals surface area contributed by atoms with Crippen LogP contribution < -0.4 is 16.0 Å². The molecule has 122 valence electrons. The van der Waals surface area contributed by atoms with Crippen molar-refractivity contribution < 1.29 is 9.66 Å². The summed E-state index contributed by atoms with van der Waals surface area (Å²) in [7, 11) is 0. The third-order valence-corrected chi connectivity index (χ3v) is 3.26. The lowest BCUT2D eigenvalue weighted by Gasteiger charge is -2.06. The number of aromatic amines is 1. The Labute approximate surface area is 131 Å². The largest absolute Gasteiger partial charge is 0.494 e. The Morgan fingerprint density at radius 1 is 1.09 bits per heavy atom. The number of nitro benzene ring substituents is 1. The van der Waals surface area contributed by atoms with Gasteiger partial charge in [-0.3, -0.25) is 19.9 Å². The monoisotopic (exact) mass is 319 g/mol. The van der Waals surface area contributed by atoms with Crippen LogP contribution in [0.3, 0.4) is 0 Å². The van der Waals surface area contributed by atoms with Gasteiger partial charge in [0.1, 0.15) is 5.75 Å². The number of rotatable bonds is 8. The van der Waals surface area contributed by atoms with E-state index in [1.165, 1.54) is 29.0 Å². The highest BCUT2D eigenvalue weighted by molar-refractivity contribution is 5.35. The van der Waals surface area contributed by atoms with Crippen LogP contribution in [0.15, 0.2) is 46.1 Å². The van der Waals surface area contributed by atoms with Crippen molar-refractivity contribution in [1.29, 1.82) is 0 Å². The van der Waals surface area contributed by atoms with Crippen LogP contribution in [0.1, 0.15) is 19.3 Å². The Bertz CT molecular complexity index is 764. The SMILES string of the molecule is O=c1ccn(CCCCCOc2ccc([N+](=O)[O-])cc2)c(=O)[nH]1. The number of aryl methyl sites for hydroxylation is 1. The molecule has 0 amide bonds. The lowest BCUT2D eigenvalue weighted by atomic mass is 10.2. The zero-order valence-electron chi connectivity index (χ0n) is 12.4. The van der Waals surface area contributed by atoms with E-state index in [-0.39, 0.29) is 5.69 Å². The van der Waals surface area contributed by atoms with E-state index in [0.717, 1.165) is 19.3 Å². The number of nitrogens with zero attached hydrogens (tertiary/aromatic N) is 2. The Kier molecular flexibility index (Phi) is 5.67. The first-order valence-electron chi connectivity index (χ1n) is 7.23. The third-order valence-electron chi connectivity index (χ3n) is 3.26. The average Bonchev–Trinajstić information content (AvgIpc) is 2.53. The number of aromatic nitrogens is 2. The van der Waals surface area contributed by atoms with Crippen molar-refractivity contribution in [2.45, 2.75) is 25.8 Å². The molecule has 23 heavy (non-hydrogen) atoms. The minimum Gasteiger partial charge on any atom is -0.494 e. The second-order valence-corrected chi connectivity index (χ2v) is 4.96. The first-order chi connectivity index (χ1) is 11.1. The Hall–Kier alpha value is -2.90. The van der Waals surface area contributed by atoms with Crippen LogP contribution >= 0.6 is 0 Å². The van der Waals surface area contributed by atoms with Crippen molar-refractivity contribution in [2.24, 2.45) is 0 Å². The zero-order chi connectivity index (χ0) is 16.7. The zero-order valence-corrected chi connectivity index (χ0v) is 12.4. The first kappa shape index (κ1) is 16.5. The minimum atomic E-state index is -0.456. The van der Waals surface area contributed by atoms with E-state index in [9.17, 15) is 19.7 Å². The molecule has 0 saturated heterocycles. The molecule has 8 heteroatoms. The van der Waals surface area contributed by atoms with Gasteiger partial charge in [0.2, 0.25) is 0 Å². The third kappa shape index (κ3) is 5.10. The molecule has 0 atom stereocenters. The summed E-state index contributed by atoms with van der Waals surface area (Å²) in [6.07, 6.45) is 3.93. The van der Waals surface area contributed by atoms with Gasteiger partial charge in [0.25, 0.3) is 11.2 Å². The topological polar surface area (TPSA) is 107 Å². The van der Waals surface area contributed by atoms with Crippen LogP contribution in [-0.4, -0.2) is 21.1 Å². The number of unbranched alkanes of at least 4 members (excludes halogenated alkanes) is 2. The fraction of sp³-hybridized carbons (Fsp3) is 0.333. The van der Waals surface area contributed by atoms with Crippen LogP contribution in [-0.2, 0) is 6.54 Å². The second-order valence-electron chi connectivity index (χ2n) is 4.96. The average molecular weight is 319 g/mol. The van der Waals surface area contributed by atoms with Crippen molar-refractivity contribution in [2.75, 3.05) is 6.61 Å². The molecule has 0 aliphatic heterocycles. The maximum atomic E-state index is 11.5. The summed E-state index contributed by atoms with van der Waals surface area (Å²) in [4.78, 5) is 34.7. The first-order valence-corrected chi connectivity index (χ1v) is 7.23. The molecular formula is C15H17N3O5. The van der Waals surface area contributed by atoms with Gasteiger partial charge in [-0.1, -0.05) is 0 Å². The predicted octanol–water partition coefficient (Wildman–Crippen LogP) is 1.69. The van der Waals surface area contributed by atoms with E-state index in [1.54, 1.807) is 12.1 Å². The summed E-state index contributed by atoms with van der Waals surface area (Å²) in [6, 6.07) is 7.25. The summed E-state index contributed by atoms with van der Waals surface area (Å²) >= 11 is 0. The molecule has 0 aliphatic carbocycles. The van der Waals surface area contributed by atoms with E-state index in [2.05, 4.69) is 4.98 Å². The predicted molar refractivity (Wildman–Crippen MR) is 83.8 cm³/mol. The van der Waals surface area contributed by atoms with Crippen LogP contribution in [0, 0.1) is 10.1 Å². The maximum Gasteiger partial charge on any atom is 0.328 e. The number of ether oxygens (including phenoxy) is 1. The van der Waals surface area contributed by atoms with Crippen LogP contribution in [0.4, 0.5) is 5.69 Å². The molecule has 0 unspecified atom stereocenters. The van der Waals surface area contributed by atoms with E-state index in [0.29, 0.717) is 18.9 Å². The molecule has 1 aromatic heterocycles. The highest BCUT2D eigenvalue weighted by Crippen LogP contribution is 2.17. The molecule has 0 aliphatic rings. The standard InChI is InChI=1S/C15H17N3O5/c19-14-8-10-17(15(20)16-14)9-2-1-3-11-23-13-6-4-12(5-7-13)18(21)22/h4-8,10H,1-3,9,11H2,(H,16,19,20). The molecule has 1 heterocycles. The van der Waals surface area contributed by atoms with Crippen LogP contribution in [0.2, 0.25) is 0 Å². The van der Waals surface area contributed by atoms with Gasteiger partial charge < -0.3 is 9.30 Å². The summed E-state index contributed by atoms with van der Waals surface area (Å²) < 4.78 is 6.95. The number of hydrogen-bond donors (Lipinski definition) is 1. The molecular weight excluding hydrogens is 302 g/mol. The van der Waals surface area contributed by atoms with Crippen molar-refractivity contribution >= 4 is 5.69 Å². The van der Waals surface area contributed by atoms with E-state index in [1.807, 2.05) is 0 Å². The van der Waals surface area contributed by atoms with Gasteiger partial charge in [-0.05, 0) is 31.4 Å². The molecule has 8 nitrogen and oxygen atoms in total. The van der Waals surface area contributed by atoms with Crippen molar-refractivity contribution in [3.05, 3.63) is 67.5 Å². The van der Waals surface area contributed by atoms with Crippen molar-refractivity contribution in [3.8, 4) is 5.75 Å². The molecule has 0 radical (unpaired) electrons. The lowest BCUT2D eigenvalue weighted by Crippen LogP contribution is -2.28. The van der Waals surface area contributed by atoms with Gasteiger partial charge in [-0.2, -0.15) is 0 Å². The van der Waals surface area contributed by atoms with Gasteiger partial charge in [-0.15, -0.1) is 0 Å². The lowest BCUT2D eigenvalue weighted by molar-refractivity contribution is -0.384. The molecule has 1 N–H and O–H groups in total.